The zero-order chi connectivity index (χ0) is 17.6. The van der Waals surface area contributed by atoms with E-state index in [1.165, 1.54) is 0 Å². The molecule has 2 fully saturated rings. The van der Waals surface area contributed by atoms with Gasteiger partial charge in [-0.25, -0.2) is 0 Å². The maximum absolute atomic E-state index is 13.2. The van der Waals surface area contributed by atoms with Crippen molar-refractivity contribution in [2.45, 2.75) is 91.0 Å². The van der Waals surface area contributed by atoms with Crippen molar-refractivity contribution >= 4 is 19.9 Å². The molecule has 0 aliphatic heterocycles. The van der Waals surface area contributed by atoms with Crippen LogP contribution in [0.25, 0.3) is 0 Å². The molecule has 2 saturated carbocycles. The molecule has 23 heavy (non-hydrogen) atoms. The van der Waals surface area contributed by atoms with Gasteiger partial charge >= 0.3 is 0 Å². The molecule has 3 nitrogen and oxygen atoms in total. The molecule has 0 aromatic rings. The lowest BCUT2D eigenvalue weighted by Crippen LogP contribution is -2.50. The first-order valence-corrected chi connectivity index (χ1v) is 12.0. The largest absolute Gasteiger partial charge is 0.407 e. The number of hydrogen-bond donors (Lipinski definition) is 0. The van der Waals surface area contributed by atoms with Gasteiger partial charge in [-0.3, -0.25) is 9.59 Å². The Kier molecular flexibility index (Phi) is 5.00. The molecule has 0 spiro atoms. The van der Waals surface area contributed by atoms with Gasteiger partial charge in [-0.05, 0) is 43.3 Å². The van der Waals surface area contributed by atoms with Crippen LogP contribution < -0.4 is 0 Å². The fourth-order valence-corrected chi connectivity index (χ4v) is 5.28. The summed E-state index contributed by atoms with van der Waals surface area (Å²) in [5.74, 6) is 0.806. The van der Waals surface area contributed by atoms with Crippen LogP contribution in [0.5, 0.6) is 0 Å². The van der Waals surface area contributed by atoms with Crippen molar-refractivity contribution in [2.75, 3.05) is 0 Å². The molecule has 2 rings (SSSR count). The smallest absolute Gasteiger partial charge is 0.193 e. The average Bonchev–Trinajstić information content (AvgIpc) is 2.89. The van der Waals surface area contributed by atoms with Gasteiger partial charge < -0.3 is 4.43 Å². The van der Waals surface area contributed by atoms with E-state index in [4.69, 9.17) is 4.43 Å². The normalized spacial score (nSPS) is 32.4. The third-order valence-corrected chi connectivity index (χ3v) is 11.2. The van der Waals surface area contributed by atoms with Crippen LogP contribution in [-0.4, -0.2) is 26.0 Å². The van der Waals surface area contributed by atoms with Crippen LogP contribution >= 0.6 is 0 Å². The Bertz CT molecular complexity index is 487. The third-order valence-electron chi connectivity index (χ3n) is 6.72. The molecule has 2 aliphatic carbocycles. The highest BCUT2D eigenvalue weighted by Crippen LogP contribution is 2.48. The molecule has 0 bridgehead atoms. The van der Waals surface area contributed by atoms with Crippen LogP contribution in [0, 0.1) is 17.3 Å². The minimum absolute atomic E-state index is 0.0176. The van der Waals surface area contributed by atoms with E-state index in [1.807, 2.05) is 13.8 Å². The van der Waals surface area contributed by atoms with E-state index in [0.29, 0.717) is 18.6 Å². The summed E-state index contributed by atoms with van der Waals surface area (Å²) in [5.41, 5.74) is -0.362. The fourth-order valence-electron chi connectivity index (χ4n) is 3.99. The van der Waals surface area contributed by atoms with E-state index < -0.39 is 8.32 Å². The van der Waals surface area contributed by atoms with E-state index in [0.717, 1.165) is 19.3 Å². The molecule has 0 radical (unpaired) electrons. The minimum atomic E-state index is -2.01. The monoisotopic (exact) mass is 338 g/mol. The molecule has 3 atom stereocenters. The zero-order valence-corrected chi connectivity index (χ0v) is 17.0. The highest BCUT2D eigenvalue weighted by Gasteiger charge is 2.50. The predicted molar refractivity (Wildman–Crippen MR) is 95.9 cm³/mol. The summed E-state index contributed by atoms with van der Waals surface area (Å²) in [6.07, 6.45) is 3.66. The second kappa shape index (κ2) is 6.11. The number of ketones is 2. The predicted octanol–water partition coefficient (Wildman–Crippen LogP) is 4.75. The SMILES string of the molecule is CC1(C)C(=O)CCC(O[Si](C)(C)C(C)(C)C)C(=O)[C@@H]2CCC[C@@H]21. The Morgan fingerprint density at radius 1 is 1.09 bits per heavy atom. The summed E-state index contributed by atoms with van der Waals surface area (Å²) in [5, 5.41) is 0.0774. The van der Waals surface area contributed by atoms with E-state index in [2.05, 4.69) is 33.9 Å². The lowest BCUT2D eigenvalue weighted by Gasteiger charge is -2.42. The summed E-state index contributed by atoms with van der Waals surface area (Å²) in [6.45, 7) is 15.0. The van der Waals surface area contributed by atoms with Crippen LogP contribution in [0.4, 0.5) is 0 Å². The molecule has 0 heterocycles. The van der Waals surface area contributed by atoms with Crippen LogP contribution in [0.15, 0.2) is 0 Å². The molecule has 0 aromatic carbocycles. The van der Waals surface area contributed by atoms with Crippen molar-refractivity contribution in [1.29, 1.82) is 0 Å². The van der Waals surface area contributed by atoms with Gasteiger partial charge in [0.05, 0.1) is 0 Å². The molecule has 1 unspecified atom stereocenters. The number of carbonyl (C=O) groups excluding carboxylic acids is 2. The molecule has 4 heteroatoms. The van der Waals surface area contributed by atoms with Gasteiger partial charge in [0.2, 0.25) is 0 Å². The highest BCUT2D eigenvalue weighted by atomic mass is 28.4. The van der Waals surface area contributed by atoms with Crippen molar-refractivity contribution in [3.05, 3.63) is 0 Å². The Morgan fingerprint density at radius 2 is 1.70 bits per heavy atom. The van der Waals surface area contributed by atoms with Crippen LogP contribution in [0.2, 0.25) is 18.1 Å². The number of Topliss-reactive ketones (excluding diaryl/α,β-unsaturated/α-hetero) is 2. The Morgan fingerprint density at radius 3 is 2.26 bits per heavy atom. The van der Waals surface area contributed by atoms with E-state index >= 15 is 0 Å². The van der Waals surface area contributed by atoms with E-state index in [9.17, 15) is 9.59 Å². The molecule has 0 amide bonds. The highest BCUT2D eigenvalue weighted by molar-refractivity contribution is 6.74. The van der Waals surface area contributed by atoms with Crippen molar-refractivity contribution < 1.29 is 14.0 Å². The standard InChI is InChI=1S/C19H34O3Si/c1-18(2,3)23(6,7)22-15-11-12-16(20)19(4,5)14-10-8-9-13(14)17(15)21/h13-15H,8-12H2,1-7H3/t13-,14+,15?/m1/s1. The molecule has 132 valence electrons. The van der Waals surface area contributed by atoms with Crippen molar-refractivity contribution in [3.63, 3.8) is 0 Å². The first-order valence-electron chi connectivity index (χ1n) is 9.13. The minimum Gasteiger partial charge on any atom is -0.407 e. The number of rotatable bonds is 2. The van der Waals surface area contributed by atoms with Crippen LogP contribution in [0.1, 0.15) is 66.7 Å². The Labute approximate surface area is 142 Å². The lowest BCUT2D eigenvalue weighted by atomic mass is 9.66. The number of carbonyl (C=O) groups is 2. The third kappa shape index (κ3) is 3.48. The topological polar surface area (TPSA) is 43.4 Å². The molecule has 0 N–H and O–H groups in total. The Hall–Kier alpha value is -0.483. The molecule has 0 saturated heterocycles. The zero-order valence-electron chi connectivity index (χ0n) is 16.0. The molecule has 0 aromatic heterocycles. The second-order valence-electron chi connectivity index (χ2n) is 9.60. The van der Waals surface area contributed by atoms with Gasteiger partial charge in [-0.15, -0.1) is 0 Å². The van der Waals surface area contributed by atoms with Gasteiger partial charge in [0, 0.05) is 17.8 Å². The van der Waals surface area contributed by atoms with Gasteiger partial charge in [-0.2, -0.15) is 0 Å². The van der Waals surface area contributed by atoms with Gasteiger partial charge in [0.15, 0.2) is 14.1 Å². The fraction of sp³-hybridized carbons (Fsp3) is 0.895. The molecular weight excluding hydrogens is 304 g/mol. The summed E-state index contributed by atoms with van der Waals surface area (Å²) in [6, 6.07) is 0. The van der Waals surface area contributed by atoms with Gasteiger partial charge in [-0.1, -0.05) is 41.0 Å². The summed E-state index contributed by atoms with van der Waals surface area (Å²) >= 11 is 0. The Balaban J connectivity index is 2.27. The second-order valence-corrected chi connectivity index (χ2v) is 14.4. The summed E-state index contributed by atoms with van der Waals surface area (Å²) < 4.78 is 6.45. The van der Waals surface area contributed by atoms with Crippen molar-refractivity contribution in [3.8, 4) is 0 Å². The van der Waals surface area contributed by atoms with E-state index in [1.54, 1.807) is 0 Å². The van der Waals surface area contributed by atoms with E-state index in [-0.39, 0.29) is 34.2 Å². The average molecular weight is 339 g/mol. The molecular formula is C19H34O3Si. The number of fused-ring (bicyclic) bond motifs is 1. The maximum atomic E-state index is 13.2. The quantitative estimate of drug-likeness (QED) is 0.682. The summed E-state index contributed by atoms with van der Waals surface area (Å²) in [4.78, 5) is 25.9. The van der Waals surface area contributed by atoms with Crippen LogP contribution in [-0.2, 0) is 14.0 Å². The lowest BCUT2D eigenvalue weighted by molar-refractivity contribution is -0.141. The maximum Gasteiger partial charge on any atom is 0.193 e. The first-order chi connectivity index (χ1) is 10.4. The molecule has 2 aliphatic rings. The van der Waals surface area contributed by atoms with Gasteiger partial charge in [0.1, 0.15) is 11.9 Å². The van der Waals surface area contributed by atoms with Crippen molar-refractivity contribution in [1.82, 2.24) is 0 Å². The van der Waals surface area contributed by atoms with Gasteiger partial charge in [0.25, 0.3) is 0 Å². The van der Waals surface area contributed by atoms with Crippen molar-refractivity contribution in [2.24, 2.45) is 17.3 Å². The number of hydrogen-bond acceptors (Lipinski definition) is 3. The first kappa shape index (κ1) is 18.8. The summed E-state index contributed by atoms with van der Waals surface area (Å²) in [7, 11) is -2.01. The van der Waals surface area contributed by atoms with Crippen LogP contribution in [0.3, 0.4) is 0 Å².